The molecule has 2 heterocycles. The molecule has 10 heteroatoms. The Kier molecular flexibility index (Phi) is 5.64. The van der Waals surface area contributed by atoms with Gasteiger partial charge in [0.15, 0.2) is 0 Å². The number of thiophene rings is 1. The lowest BCUT2D eigenvalue weighted by atomic mass is 10.0. The highest BCUT2D eigenvalue weighted by Crippen LogP contribution is 2.39. The first-order chi connectivity index (χ1) is 12.9. The van der Waals surface area contributed by atoms with Crippen molar-refractivity contribution >= 4 is 40.3 Å². The van der Waals surface area contributed by atoms with Gasteiger partial charge in [-0.15, -0.1) is 11.3 Å². The van der Waals surface area contributed by atoms with Crippen LogP contribution in [-0.2, 0) is 27.2 Å². The molecule has 27 heavy (non-hydrogen) atoms. The van der Waals surface area contributed by atoms with Crippen molar-refractivity contribution in [2.75, 3.05) is 25.6 Å². The van der Waals surface area contributed by atoms with Crippen LogP contribution in [0.3, 0.4) is 0 Å². The first kappa shape index (κ1) is 19.2. The van der Waals surface area contributed by atoms with Crippen LogP contribution in [0.2, 0.25) is 0 Å². The maximum absolute atomic E-state index is 12.7. The zero-order valence-electron chi connectivity index (χ0n) is 15.1. The SMILES string of the molecule is CCOC(=O)NC(=O)c1c(NC(=O)C2CC2)sc2c1CCN(C(=O)OC)C2. The third-order valence-corrected chi connectivity index (χ3v) is 5.52. The maximum atomic E-state index is 12.7. The first-order valence-corrected chi connectivity index (χ1v) is 9.52. The largest absolute Gasteiger partial charge is 0.453 e. The minimum absolute atomic E-state index is 0.0309. The summed E-state index contributed by atoms with van der Waals surface area (Å²) in [5.74, 6) is -0.788. The average Bonchev–Trinajstić information content (AvgIpc) is 3.42. The number of fused-ring (bicyclic) bond motifs is 1. The number of carbonyl (C=O) groups excluding carboxylic acids is 4. The Bertz CT molecular complexity index is 786. The van der Waals surface area contributed by atoms with Gasteiger partial charge >= 0.3 is 12.2 Å². The minimum Gasteiger partial charge on any atom is -0.453 e. The number of nitrogens with one attached hydrogen (secondary N) is 2. The molecule has 1 fully saturated rings. The van der Waals surface area contributed by atoms with Crippen LogP contribution in [0.15, 0.2) is 0 Å². The third kappa shape index (κ3) is 4.21. The number of methoxy groups -OCH3 is 1. The van der Waals surface area contributed by atoms with E-state index in [1.807, 2.05) is 0 Å². The zero-order valence-corrected chi connectivity index (χ0v) is 15.9. The van der Waals surface area contributed by atoms with Gasteiger partial charge < -0.3 is 19.7 Å². The van der Waals surface area contributed by atoms with Crippen LogP contribution >= 0.6 is 11.3 Å². The van der Waals surface area contributed by atoms with E-state index in [1.54, 1.807) is 6.92 Å². The molecule has 0 unspecified atom stereocenters. The van der Waals surface area contributed by atoms with Gasteiger partial charge in [0.2, 0.25) is 5.91 Å². The molecule has 1 saturated carbocycles. The number of nitrogens with zero attached hydrogens (tertiary/aromatic N) is 1. The maximum Gasteiger partial charge on any atom is 0.414 e. The summed E-state index contributed by atoms with van der Waals surface area (Å²) in [5.41, 5.74) is 0.995. The summed E-state index contributed by atoms with van der Waals surface area (Å²) in [6.07, 6.45) is 0.796. The molecular weight excluding hydrogens is 374 g/mol. The van der Waals surface area contributed by atoms with Crippen LogP contribution < -0.4 is 10.6 Å². The van der Waals surface area contributed by atoms with Crippen LogP contribution in [0.5, 0.6) is 0 Å². The Hall–Kier alpha value is -2.62. The Labute approximate surface area is 160 Å². The van der Waals surface area contributed by atoms with E-state index in [2.05, 4.69) is 10.6 Å². The summed E-state index contributed by atoms with van der Waals surface area (Å²) in [5, 5.41) is 5.39. The second kappa shape index (κ2) is 7.95. The summed E-state index contributed by atoms with van der Waals surface area (Å²) < 4.78 is 9.52. The fourth-order valence-electron chi connectivity index (χ4n) is 2.90. The highest BCUT2D eigenvalue weighted by Gasteiger charge is 2.34. The summed E-state index contributed by atoms with van der Waals surface area (Å²) in [6, 6.07) is 0. The number of carbonyl (C=O) groups is 4. The standard InChI is InChI=1S/C17H21N3O6S/c1-3-26-16(23)19-14(22)12-10-6-7-20(17(24)25-2)8-11(10)27-15(12)18-13(21)9-4-5-9/h9H,3-8H2,1-2H3,(H,18,21)(H,19,22,23). The smallest absolute Gasteiger partial charge is 0.414 e. The third-order valence-electron chi connectivity index (χ3n) is 4.39. The van der Waals surface area contributed by atoms with Crippen molar-refractivity contribution in [2.45, 2.75) is 32.7 Å². The van der Waals surface area contributed by atoms with E-state index in [-0.39, 0.29) is 30.5 Å². The molecule has 0 atom stereocenters. The van der Waals surface area contributed by atoms with Gasteiger partial charge in [-0.3, -0.25) is 14.9 Å². The van der Waals surface area contributed by atoms with E-state index in [9.17, 15) is 19.2 Å². The molecule has 0 aromatic carbocycles. The molecule has 2 aliphatic rings. The van der Waals surface area contributed by atoms with Gasteiger partial charge in [0, 0.05) is 17.3 Å². The number of anilines is 1. The molecular formula is C17H21N3O6S. The summed E-state index contributed by atoms with van der Waals surface area (Å²) in [4.78, 5) is 50.6. The Morgan fingerprint density at radius 1 is 1.26 bits per heavy atom. The Balaban J connectivity index is 1.88. The lowest BCUT2D eigenvalue weighted by Gasteiger charge is -2.25. The molecule has 0 bridgehead atoms. The van der Waals surface area contributed by atoms with E-state index >= 15 is 0 Å². The van der Waals surface area contributed by atoms with Crippen LogP contribution in [0.25, 0.3) is 0 Å². The molecule has 3 rings (SSSR count). The van der Waals surface area contributed by atoms with Crippen LogP contribution in [-0.4, -0.2) is 49.2 Å². The van der Waals surface area contributed by atoms with Crippen LogP contribution in [0.4, 0.5) is 14.6 Å². The molecule has 1 aliphatic carbocycles. The molecule has 0 spiro atoms. The Morgan fingerprint density at radius 2 is 2.00 bits per heavy atom. The topological polar surface area (TPSA) is 114 Å². The summed E-state index contributed by atoms with van der Waals surface area (Å²) >= 11 is 1.24. The molecule has 1 aliphatic heterocycles. The number of rotatable bonds is 4. The Morgan fingerprint density at radius 3 is 2.63 bits per heavy atom. The predicted octanol–water partition coefficient (Wildman–Crippen LogP) is 2.11. The first-order valence-electron chi connectivity index (χ1n) is 8.71. The van der Waals surface area contributed by atoms with Crippen molar-refractivity contribution in [3.8, 4) is 0 Å². The van der Waals surface area contributed by atoms with E-state index < -0.39 is 18.1 Å². The fraction of sp³-hybridized carbons (Fsp3) is 0.529. The number of hydrogen-bond donors (Lipinski definition) is 2. The highest BCUT2D eigenvalue weighted by atomic mass is 32.1. The second-order valence-corrected chi connectivity index (χ2v) is 7.39. The lowest BCUT2D eigenvalue weighted by molar-refractivity contribution is -0.117. The van der Waals surface area contributed by atoms with Crippen molar-refractivity contribution in [3.05, 3.63) is 16.0 Å². The zero-order chi connectivity index (χ0) is 19.6. The van der Waals surface area contributed by atoms with E-state index in [0.717, 1.165) is 23.3 Å². The normalized spacial score (nSPS) is 15.6. The highest BCUT2D eigenvalue weighted by molar-refractivity contribution is 7.17. The van der Waals surface area contributed by atoms with Crippen molar-refractivity contribution in [2.24, 2.45) is 5.92 Å². The lowest BCUT2D eigenvalue weighted by Crippen LogP contribution is -2.36. The molecule has 146 valence electrons. The molecule has 1 aromatic heterocycles. The van der Waals surface area contributed by atoms with Gasteiger partial charge in [-0.2, -0.15) is 0 Å². The van der Waals surface area contributed by atoms with Crippen molar-refractivity contribution in [1.82, 2.24) is 10.2 Å². The molecule has 9 nitrogen and oxygen atoms in total. The van der Waals surface area contributed by atoms with E-state index in [4.69, 9.17) is 9.47 Å². The molecule has 2 N–H and O–H groups in total. The number of alkyl carbamates (subject to hydrolysis) is 1. The molecule has 1 aromatic rings. The second-order valence-electron chi connectivity index (χ2n) is 6.29. The summed E-state index contributed by atoms with van der Waals surface area (Å²) in [7, 11) is 1.31. The van der Waals surface area contributed by atoms with Gasteiger partial charge in [-0.1, -0.05) is 0 Å². The van der Waals surface area contributed by atoms with Gasteiger partial charge in [0.25, 0.3) is 5.91 Å². The van der Waals surface area contributed by atoms with Gasteiger partial charge in [0.1, 0.15) is 5.00 Å². The molecule has 0 saturated heterocycles. The number of hydrogen-bond acceptors (Lipinski definition) is 7. The number of amides is 4. The minimum atomic E-state index is -0.839. The average molecular weight is 395 g/mol. The van der Waals surface area contributed by atoms with Crippen molar-refractivity contribution in [1.29, 1.82) is 0 Å². The number of ether oxygens (including phenoxy) is 2. The van der Waals surface area contributed by atoms with Crippen LogP contribution in [0.1, 0.15) is 40.6 Å². The fourth-order valence-corrected chi connectivity index (χ4v) is 4.16. The molecule has 0 radical (unpaired) electrons. The quantitative estimate of drug-likeness (QED) is 0.807. The number of imide groups is 1. The van der Waals surface area contributed by atoms with Gasteiger partial charge in [0.05, 0.1) is 25.8 Å². The van der Waals surface area contributed by atoms with Crippen molar-refractivity contribution < 1.29 is 28.7 Å². The van der Waals surface area contributed by atoms with E-state index in [1.165, 1.54) is 23.3 Å². The monoisotopic (exact) mass is 395 g/mol. The van der Waals surface area contributed by atoms with Gasteiger partial charge in [-0.25, -0.2) is 9.59 Å². The van der Waals surface area contributed by atoms with E-state index in [0.29, 0.717) is 18.0 Å². The summed E-state index contributed by atoms with van der Waals surface area (Å²) in [6.45, 7) is 2.44. The molecule has 4 amide bonds. The predicted molar refractivity (Wildman–Crippen MR) is 96.7 cm³/mol. The van der Waals surface area contributed by atoms with Gasteiger partial charge in [-0.05, 0) is 31.7 Å². The van der Waals surface area contributed by atoms with Crippen LogP contribution in [0, 0.1) is 5.92 Å². The van der Waals surface area contributed by atoms with Crippen molar-refractivity contribution in [3.63, 3.8) is 0 Å².